The van der Waals surface area contributed by atoms with E-state index in [9.17, 15) is 0 Å². The molecule has 3 rings (SSSR count). The molecule has 0 unspecified atom stereocenters. The van der Waals surface area contributed by atoms with Gasteiger partial charge in [0.2, 0.25) is 10.3 Å². The highest BCUT2D eigenvalue weighted by molar-refractivity contribution is 7.18. The van der Waals surface area contributed by atoms with Crippen molar-refractivity contribution in [1.29, 1.82) is 0 Å². The number of nitrogens with two attached hydrogens (primary N) is 1. The maximum atomic E-state index is 5.57. The minimum atomic E-state index is 0.459. The minimum absolute atomic E-state index is 0.459. The van der Waals surface area contributed by atoms with Crippen LogP contribution in [0.1, 0.15) is 37.3 Å². The van der Waals surface area contributed by atoms with Crippen LogP contribution < -0.4 is 11.1 Å². The van der Waals surface area contributed by atoms with Crippen molar-refractivity contribution < 1.29 is 0 Å². The fraction of sp³-hybridized carbons (Fsp3) is 0.500. The van der Waals surface area contributed by atoms with Gasteiger partial charge < -0.3 is 11.1 Å². The summed E-state index contributed by atoms with van der Waals surface area (Å²) < 4.78 is 0. The molecule has 2 aromatic heterocycles. The van der Waals surface area contributed by atoms with Gasteiger partial charge in [-0.25, -0.2) is 0 Å². The Labute approximate surface area is 115 Å². The second-order valence-corrected chi connectivity index (χ2v) is 5.80. The largest absolute Gasteiger partial charge is 0.374 e. The summed E-state index contributed by atoms with van der Waals surface area (Å²) in [6.45, 7) is 0. The summed E-state index contributed by atoms with van der Waals surface area (Å²) in [7, 11) is 0. The van der Waals surface area contributed by atoms with Crippen LogP contribution in [0.25, 0.3) is 0 Å². The molecule has 1 aliphatic rings. The normalized spacial score (nSPS) is 23.2. The highest BCUT2D eigenvalue weighted by Gasteiger charge is 2.23. The summed E-state index contributed by atoms with van der Waals surface area (Å²) >= 11 is 1.40. The molecule has 3 N–H and O–H groups in total. The topological polar surface area (TPSA) is 89.6 Å². The summed E-state index contributed by atoms with van der Waals surface area (Å²) in [6.07, 6.45) is 6.20. The number of hydrogen-bond donors (Lipinski definition) is 2. The molecule has 1 fully saturated rings. The molecule has 1 aliphatic carbocycles. The average molecular weight is 276 g/mol. The first-order valence-electron chi connectivity index (χ1n) is 6.44. The molecule has 0 spiro atoms. The molecule has 2 aromatic rings. The van der Waals surface area contributed by atoms with Crippen LogP contribution in [-0.2, 0) is 0 Å². The summed E-state index contributed by atoms with van der Waals surface area (Å²) in [6, 6.07) is 4.48. The lowest BCUT2D eigenvalue weighted by atomic mass is 9.84. The van der Waals surface area contributed by atoms with Crippen LogP contribution in [0.2, 0.25) is 0 Å². The van der Waals surface area contributed by atoms with Gasteiger partial charge in [0.15, 0.2) is 0 Å². The van der Waals surface area contributed by atoms with E-state index in [1.54, 1.807) is 6.20 Å². The molecule has 100 valence electrons. The molecule has 0 bridgehead atoms. The van der Waals surface area contributed by atoms with E-state index in [2.05, 4.69) is 31.8 Å². The second-order valence-electron chi connectivity index (χ2n) is 4.79. The SMILES string of the molecule is Nc1nnc(N[C@H]2CC[C@@H](c3cccnn3)CC2)s1. The van der Waals surface area contributed by atoms with Crippen molar-refractivity contribution >= 4 is 21.6 Å². The Bertz CT molecular complexity index is 520. The zero-order chi connectivity index (χ0) is 13.1. The van der Waals surface area contributed by atoms with Crippen molar-refractivity contribution in [1.82, 2.24) is 20.4 Å². The monoisotopic (exact) mass is 276 g/mol. The molecule has 19 heavy (non-hydrogen) atoms. The van der Waals surface area contributed by atoms with Gasteiger partial charge in [0, 0.05) is 18.2 Å². The van der Waals surface area contributed by atoms with Gasteiger partial charge >= 0.3 is 0 Å². The molecule has 0 radical (unpaired) electrons. The lowest BCUT2D eigenvalue weighted by Gasteiger charge is -2.28. The highest BCUT2D eigenvalue weighted by atomic mass is 32.1. The van der Waals surface area contributed by atoms with Crippen molar-refractivity contribution in [2.75, 3.05) is 11.1 Å². The predicted molar refractivity (Wildman–Crippen MR) is 75.0 cm³/mol. The molecule has 7 heteroatoms. The van der Waals surface area contributed by atoms with Crippen molar-refractivity contribution in [2.24, 2.45) is 0 Å². The van der Waals surface area contributed by atoms with E-state index in [1.807, 2.05) is 6.07 Å². The van der Waals surface area contributed by atoms with Crippen molar-refractivity contribution in [3.05, 3.63) is 24.0 Å². The number of aromatic nitrogens is 4. The number of hydrogen-bond acceptors (Lipinski definition) is 7. The Kier molecular flexibility index (Phi) is 3.54. The lowest BCUT2D eigenvalue weighted by Crippen LogP contribution is -2.25. The smallest absolute Gasteiger partial charge is 0.207 e. The molecular weight excluding hydrogens is 260 g/mol. The fourth-order valence-corrected chi connectivity index (χ4v) is 3.12. The molecule has 0 aliphatic heterocycles. The minimum Gasteiger partial charge on any atom is -0.374 e. The molecule has 0 atom stereocenters. The number of nitrogens with one attached hydrogen (secondary N) is 1. The Hall–Kier alpha value is -1.76. The van der Waals surface area contributed by atoms with Gasteiger partial charge in [-0.1, -0.05) is 11.3 Å². The van der Waals surface area contributed by atoms with Crippen LogP contribution >= 0.6 is 11.3 Å². The van der Waals surface area contributed by atoms with Gasteiger partial charge in [-0.15, -0.1) is 10.2 Å². The average Bonchev–Trinajstić information content (AvgIpc) is 2.86. The third-order valence-electron chi connectivity index (χ3n) is 3.51. The standard InChI is InChI=1S/C12H16N6S/c13-11-17-18-12(19-11)15-9-5-3-8(4-6-9)10-2-1-7-14-16-10/h1-2,7-9H,3-6H2,(H2,13,17)(H,15,18)/t8-,9+. The second kappa shape index (κ2) is 5.48. The van der Waals surface area contributed by atoms with Crippen LogP contribution in [0.5, 0.6) is 0 Å². The fourth-order valence-electron chi connectivity index (χ4n) is 2.53. The van der Waals surface area contributed by atoms with Gasteiger partial charge in [-0.2, -0.15) is 10.2 Å². The summed E-state index contributed by atoms with van der Waals surface area (Å²) in [4.78, 5) is 0. The summed E-state index contributed by atoms with van der Waals surface area (Å²) in [5.74, 6) is 0.534. The van der Waals surface area contributed by atoms with E-state index in [-0.39, 0.29) is 0 Å². The summed E-state index contributed by atoms with van der Waals surface area (Å²) in [5, 5.41) is 20.7. The number of nitrogen functional groups attached to an aromatic ring is 1. The molecule has 6 nitrogen and oxygen atoms in total. The molecule has 0 saturated heterocycles. The third-order valence-corrected chi connectivity index (χ3v) is 4.19. The Balaban J connectivity index is 1.55. The maximum Gasteiger partial charge on any atom is 0.207 e. The van der Waals surface area contributed by atoms with Crippen LogP contribution in [0, 0.1) is 0 Å². The quantitative estimate of drug-likeness (QED) is 0.891. The van der Waals surface area contributed by atoms with Crippen LogP contribution in [-0.4, -0.2) is 26.4 Å². The Morgan fingerprint density at radius 2 is 2.00 bits per heavy atom. The first-order chi connectivity index (χ1) is 9.31. The van der Waals surface area contributed by atoms with E-state index >= 15 is 0 Å². The van der Waals surface area contributed by atoms with Crippen molar-refractivity contribution in [2.45, 2.75) is 37.6 Å². The number of nitrogens with zero attached hydrogens (tertiary/aromatic N) is 4. The van der Waals surface area contributed by atoms with Gasteiger partial charge in [0.05, 0.1) is 5.69 Å². The van der Waals surface area contributed by atoms with Crippen molar-refractivity contribution in [3.63, 3.8) is 0 Å². The predicted octanol–water partition coefficient (Wildman–Crippen LogP) is 2.05. The summed E-state index contributed by atoms with van der Waals surface area (Å²) in [5.41, 5.74) is 6.68. The van der Waals surface area contributed by atoms with E-state index in [0.29, 0.717) is 17.1 Å². The first kappa shape index (κ1) is 12.3. The highest BCUT2D eigenvalue weighted by Crippen LogP contribution is 2.33. The first-order valence-corrected chi connectivity index (χ1v) is 7.26. The van der Waals surface area contributed by atoms with Gasteiger partial charge in [-0.3, -0.25) is 0 Å². The van der Waals surface area contributed by atoms with Crippen molar-refractivity contribution in [3.8, 4) is 0 Å². The molecule has 0 aromatic carbocycles. The zero-order valence-corrected chi connectivity index (χ0v) is 11.3. The van der Waals surface area contributed by atoms with Crippen LogP contribution in [0.15, 0.2) is 18.3 Å². The third kappa shape index (κ3) is 2.98. The van der Waals surface area contributed by atoms with E-state index in [4.69, 9.17) is 5.73 Å². The Morgan fingerprint density at radius 1 is 1.16 bits per heavy atom. The molecular formula is C12H16N6S. The van der Waals surface area contributed by atoms with E-state index in [1.165, 1.54) is 11.3 Å². The molecule has 2 heterocycles. The number of rotatable bonds is 3. The van der Waals surface area contributed by atoms with E-state index in [0.717, 1.165) is 36.5 Å². The zero-order valence-electron chi connectivity index (χ0n) is 10.5. The maximum absolute atomic E-state index is 5.57. The lowest BCUT2D eigenvalue weighted by molar-refractivity contribution is 0.404. The van der Waals surface area contributed by atoms with Crippen LogP contribution in [0.4, 0.5) is 10.3 Å². The van der Waals surface area contributed by atoms with Crippen LogP contribution in [0.3, 0.4) is 0 Å². The van der Waals surface area contributed by atoms with Gasteiger partial charge in [-0.05, 0) is 37.8 Å². The molecule has 1 saturated carbocycles. The number of anilines is 2. The molecule has 0 amide bonds. The van der Waals surface area contributed by atoms with E-state index < -0.39 is 0 Å². The Morgan fingerprint density at radius 3 is 2.63 bits per heavy atom. The van der Waals surface area contributed by atoms with Gasteiger partial charge in [0.25, 0.3) is 0 Å². The van der Waals surface area contributed by atoms with Gasteiger partial charge in [0.1, 0.15) is 0 Å².